The molecule has 1 atom stereocenters. The Morgan fingerprint density at radius 2 is 1.71 bits per heavy atom. The summed E-state index contributed by atoms with van der Waals surface area (Å²) in [6.07, 6.45) is 0.738. The van der Waals surface area contributed by atoms with Crippen molar-refractivity contribution in [3.8, 4) is 0 Å². The molecule has 1 fully saturated rings. The third-order valence-electron chi connectivity index (χ3n) is 3.11. The lowest BCUT2D eigenvalue weighted by atomic mass is 10.2. The van der Waals surface area contributed by atoms with Crippen molar-refractivity contribution in [3.05, 3.63) is 0 Å². The van der Waals surface area contributed by atoms with Crippen molar-refractivity contribution in [2.24, 2.45) is 0 Å². The number of ether oxygens (including phenoxy) is 1. The highest BCUT2D eigenvalue weighted by atomic mass is 32.2. The van der Waals surface area contributed by atoms with E-state index in [0.29, 0.717) is 26.2 Å². The quantitative estimate of drug-likeness (QED) is 0.716. The molecular formula is C13H26N2O5S. The van der Waals surface area contributed by atoms with Crippen molar-refractivity contribution < 1.29 is 22.1 Å². The molecule has 1 saturated heterocycles. The minimum Gasteiger partial charge on any atom is -0.444 e. The second-order valence-corrected chi connectivity index (χ2v) is 7.98. The molecule has 0 spiro atoms. The lowest BCUT2D eigenvalue weighted by molar-refractivity contribution is 0.00906. The molecular weight excluding hydrogens is 296 g/mol. The van der Waals surface area contributed by atoms with Gasteiger partial charge in [0.2, 0.25) is 0 Å². The zero-order valence-corrected chi connectivity index (χ0v) is 14.3. The van der Waals surface area contributed by atoms with Crippen LogP contribution in [-0.4, -0.2) is 75.0 Å². The van der Waals surface area contributed by atoms with Crippen LogP contribution in [0.3, 0.4) is 0 Å². The molecule has 1 amide bonds. The Morgan fingerprint density at radius 1 is 1.19 bits per heavy atom. The summed E-state index contributed by atoms with van der Waals surface area (Å²) >= 11 is 0. The van der Waals surface area contributed by atoms with E-state index in [1.807, 2.05) is 27.7 Å². The smallest absolute Gasteiger partial charge is 0.410 e. The summed E-state index contributed by atoms with van der Waals surface area (Å²) in [5, 5.41) is 0. The van der Waals surface area contributed by atoms with Gasteiger partial charge < -0.3 is 9.64 Å². The third kappa shape index (κ3) is 7.10. The zero-order chi connectivity index (χ0) is 16.3. The highest BCUT2D eigenvalue weighted by Gasteiger charge is 2.27. The van der Waals surface area contributed by atoms with Crippen LogP contribution >= 0.6 is 0 Å². The van der Waals surface area contributed by atoms with Crippen LogP contribution in [0.15, 0.2) is 0 Å². The first kappa shape index (κ1) is 18.2. The maximum absolute atomic E-state index is 11.9. The number of hydrogen-bond acceptors (Lipinski definition) is 6. The van der Waals surface area contributed by atoms with Crippen LogP contribution in [0.2, 0.25) is 0 Å². The molecule has 124 valence electrons. The van der Waals surface area contributed by atoms with Gasteiger partial charge in [0, 0.05) is 32.2 Å². The van der Waals surface area contributed by atoms with Crippen molar-refractivity contribution in [3.63, 3.8) is 0 Å². The van der Waals surface area contributed by atoms with Crippen LogP contribution in [0.4, 0.5) is 4.79 Å². The molecule has 7 nitrogen and oxygen atoms in total. The van der Waals surface area contributed by atoms with Gasteiger partial charge in [-0.15, -0.1) is 0 Å². The van der Waals surface area contributed by atoms with Gasteiger partial charge in [0.25, 0.3) is 10.1 Å². The second-order valence-electron chi connectivity index (χ2n) is 6.34. The highest BCUT2D eigenvalue weighted by Crippen LogP contribution is 2.13. The lowest BCUT2D eigenvalue weighted by Gasteiger charge is -2.38. The molecule has 1 aliphatic rings. The van der Waals surface area contributed by atoms with Crippen LogP contribution in [0.5, 0.6) is 0 Å². The molecule has 0 saturated carbocycles. The van der Waals surface area contributed by atoms with Crippen LogP contribution in [0.25, 0.3) is 0 Å². The fourth-order valence-electron chi connectivity index (χ4n) is 2.00. The van der Waals surface area contributed by atoms with E-state index in [2.05, 4.69) is 4.90 Å². The normalized spacial score (nSPS) is 19.4. The number of amides is 1. The molecule has 0 aromatic heterocycles. The summed E-state index contributed by atoms with van der Waals surface area (Å²) in [4.78, 5) is 15.7. The van der Waals surface area contributed by atoms with Gasteiger partial charge in [0.1, 0.15) is 5.60 Å². The summed E-state index contributed by atoms with van der Waals surface area (Å²) in [6.45, 7) is 10.0. The molecule has 8 heteroatoms. The zero-order valence-electron chi connectivity index (χ0n) is 13.5. The average molecular weight is 322 g/mol. The second kappa shape index (κ2) is 6.93. The van der Waals surface area contributed by atoms with Crippen molar-refractivity contribution in [1.29, 1.82) is 0 Å². The molecule has 0 bridgehead atoms. The molecule has 1 rings (SSSR count). The molecule has 0 aromatic carbocycles. The first-order valence-electron chi connectivity index (χ1n) is 7.04. The first-order valence-corrected chi connectivity index (χ1v) is 8.86. The predicted molar refractivity (Wildman–Crippen MR) is 79.6 cm³/mol. The number of rotatable bonds is 4. The molecule has 0 radical (unpaired) electrons. The van der Waals surface area contributed by atoms with Crippen LogP contribution < -0.4 is 0 Å². The van der Waals surface area contributed by atoms with E-state index in [4.69, 9.17) is 8.92 Å². The van der Waals surface area contributed by atoms with Gasteiger partial charge >= 0.3 is 6.09 Å². The van der Waals surface area contributed by atoms with Gasteiger partial charge in [0.05, 0.1) is 12.9 Å². The van der Waals surface area contributed by atoms with Crippen molar-refractivity contribution in [2.45, 2.75) is 39.3 Å². The van der Waals surface area contributed by atoms with E-state index < -0.39 is 15.7 Å². The molecule has 0 aromatic rings. The van der Waals surface area contributed by atoms with Gasteiger partial charge in [-0.1, -0.05) is 0 Å². The molecule has 1 heterocycles. The topological polar surface area (TPSA) is 76.2 Å². The average Bonchev–Trinajstić information content (AvgIpc) is 2.33. The molecule has 0 aliphatic carbocycles. The van der Waals surface area contributed by atoms with Crippen LogP contribution in [-0.2, 0) is 19.0 Å². The largest absolute Gasteiger partial charge is 0.444 e. The van der Waals surface area contributed by atoms with Gasteiger partial charge in [-0.25, -0.2) is 4.79 Å². The van der Waals surface area contributed by atoms with Crippen molar-refractivity contribution >= 4 is 16.2 Å². The number of hydrogen-bond donors (Lipinski definition) is 0. The fourth-order valence-corrected chi connectivity index (χ4v) is 2.44. The van der Waals surface area contributed by atoms with Gasteiger partial charge in [-0.3, -0.25) is 9.08 Å². The number of nitrogens with zero attached hydrogens (tertiary/aromatic N) is 2. The van der Waals surface area contributed by atoms with E-state index in [0.717, 1.165) is 6.26 Å². The summed E-state index contributed by atoms with van der Waals surface area (Å²) in [7, 11) is -3.41. The maximum atomic E-state index is 11.9. The van der Waals surface area contributed by atoms with E-state index in [1.165, 1.54) is 0 Å². The molecule has 0 unspecified atom stereocenters. The minimum absolute atomic E-state index is 0.0134. The lowest BCUT2D eigenvalue weighted by Crippen LogP contribution is -2.53. The Kier molecular flexibility index (Phi) is 6.01. The van der Waals surface area contributed by atoms with Gasteiger partial charge in [-0.2, -0.15) is 8.42 Å². The Bertz CT molecular complexity index is 450. The minimum atomic E-state index is -3.41. The van der Waals surface area contributed by atoms with Gasteiger partial charge in [-0.05, 0) is 27.7 Å². The monoisotopic (exact) mass is 322 g/mol. The Labute approximate surface area is 127 Å². The Hall–Kier alpha value is -0.860. The van der Waals surface area contributed by atoms with Crippen molar-refractivity contribution in [2.75, 3.05) is 39.0 Å². The highest BCUT2D eigenvalue weighted by molar-refractivity contribution is 7.85. The van der Waals surface area contributed by atoms with E-state index in [1.54, 1.807) is 4.90 Å². The van der Waals surface area contributed by atoms with Crippen molar-refractivity contribution in [1.82, 2.24) is 9.80 Å². The standard InChI is InChI=1S/C13H26N2O5S/c1-11(10-19-21(5,17)18)14-6-8-15(9-7-14)12(16)20-13(2,3)4/h11H,6-10H2,1-5H3/t11-/m0/s1. The van der Waals surface area contributed by atoms with Crippen LogP contribution in [0, 0.1) is 0 Å². The van der Waals surface area contributed by atoms with Crippen LogP contribution in [0.1, 0.15) is 27.7 Å². The predicted octanol–water partition coefficient (Wildman–Crippen LogP) is 0.904. The summed E-state index contributed by atoms with van der Waals surface area (Å²) < 4.78 is 32.1. The van der Waals surface area contributed by atoms with E-state index in [9.17, 15) is 13.2 Å². The summed E-state index contributed by atoms with van der Waals surface area (Å²) in [5.41, 5.74) is -0.495. The SMILES string of the molecule is C[C@@H](COS(C)(=O)=O)N1CCN(C(=O)OC(C)(C)C)CC1. The number of piperazine rings is 1. The van der Waals surface area contributed by atoms with E-state index >= 15 is 0 Å². The fraction of sp³-hybridized carbons (Fsp3) is 0.923. The Morgan fingerprint density at radius 3 is 2.14 bits per heavy atom. The molecule has 0 N–H and O–H groups in total. The Balaban J connectivity index is 2.39. The molecule has 21 heavy (non-hydrogen) atoms. The van der Waals surface area contributed by atoms with E-state index in [-0.39, 0.29) is 18.7 Å². The summed E-state index contributed by atoms with van der Waals surface area (Å²) in [6, 6.07) is -0.0134. The summed E-state index contributed by atoms with van der Waals surface area (Å²) in [5.74, 6) is 0. The first-order chi connectivity index (χ1) is 9.48. The maximum Gasteiger partial charge on any atom is 0.410 e. The number of carbonyl (C=O) groups is 1. The molecule has 1 aliphatic heterocycles. The van der Waals surface area contributed by atoms with Gasteiger partial charge in [0.15, 0.2) is 0 Å². The third-order valence-corrected chi connectivity index (χ3v) is 3.68. The number of carbonyl (C=O) groups excluding carboxylic acids is 1.